The summed E-state index contributed by atoms with van der Waals surface area (Å²) in [5.74, 6) is 0. The van der Waals surface area contributed by atoms with Crippen LogP contribution in [-0.4, -0.2) is 4.98 Å². The Morgan fingerprint density at radius 3 is 2.39 bits per heavy atom. The standard InChI is InChI=1S/C26H18N2/c1-3-11-23-17(7-1)15-21-19(9-5-13-25(21)27-23)20-10-6-14-26-22(20)16-18-8-2-4-12-24(18)28-26/h1-15,28H,16H2. The molecule has 6 rings (SSSR count). The zero-order chi connectivity index (χ0) is 18.5. The maximum atomic E-state index is 4.90. The first-order chi connectivity index (χ1) is 13.9. The van der Waals surface area contributed by atoms with Crippen molar-refractivity contribution < 1.29 is 0 Å². The molecule has 0 atom stereocenters. The number of anilines is 2. The van der Waals surface area contributed by atoms with Gasteiger partial charge in [0.2, 0.25) is 0 Å². The molecule has 0 aliphatic carbocycles. The molecule has 0 bridgehead atoms. The lowest BCUT2D eigenvalue weighted by molar-refractivity contribution is 1.16. The monoisotopic (exact) mass is 358 g/mol. The van der Waals surface area contributed by atoms with Crippen LogP contribution in [0, 0.1) is 0 Å². The van der Waals surface area contributed by atoms with Crippen LogP contribution in [0.1, 0.15) is 11.1 Å². The molecule has 0 saturated carbocycles. The molecule has 1 aliphatic heterocycles. The van der Waals surface area contributed by atoms with Crippen LogP contribution in [0.25, 0.3) is 32.9 Å². The molecular weight excluding hydrogens is 340 g/mol. The molecule has 1 N–H and O–H groups in total. The summed E-state index contributed by atoms with van der Waals surface area (Å²) in [5.41, 5.74) is 9.69. The van der Waals surface area contributed by atoms with Crippen LogP contribution in [0.15, 0.2) is 91.0 Å². The predicted molar refractivity (Wildman–Crippen MR) is 117 cm³/mol. The normalized spacial score (nSPS) is 12.4. The second-order valence-electron chi connectivity index (χ2n) is 7.34. The Bertz CT molecular complexity index is 1370. The Morgan fingerprint density at radius 1 is 0.643 bits per heavy atom. The van der Waals surface area contributed by atoms with Crippen molar-refractivity contribution in [3.63, 3.8) is 0 Å². The van der Waals surface area contributed by atoms with E-state index < -0.39 is 0 Å². The van der Waals surface area contributed by atoms with Crippen molar-refractivity contribution in [3.8, 4) is 11.1 Å². The highest BCUT2D eigenvalue weighted by Gasteiger charge is 2.19. The lowest BCUT2D eigenvalue weighted by Gasteiger charge is -2.24. The van der Waals surface area contributed by atoms with Gasteiger partial charge in [0.1, 0.15) is 0 Å². The number of aromatic nitrogens is 1. The molecule has 0 radical (unpaired) electrons. The van der Waals surface area contributed by atoms with Crippen molar-refractivity contribution >= 4 is 33.2 Å². The molecule has 1 aromatic heterocycles. The Labute approximate surface area is 163 Å². The maximum absolute atomic E-state index is 4.90. The number of pyridine rings is 1. The molecule has 0 fully saturated rings. The highest BCUT2D eigenvalue weighted by Crippen LogP contribution is 2.40. The summed E-state index contributed by atoms with van der Waals surface area (Å²) in [6.07, 6.45) is 0.937. The fourth-order valence-electron chi connectivity index (χ4n) is 4.31. The molecule has 4 aromatic carbocycles. The van der Waals surface area contributed by atoms with E-state index in [1.54, 1.807) is 0 Å². The first kappa shape index (κ1) is 15.4. The summed E-state index contributed by atoms with van der Waals surface area (Å²) in [4.78, 5) is 4.90. The lowest BCUT2D eigenvalue weighted by atomic mass is 9.88. The number of nitrogens with one attached hydrogen (secondary N) is 1. The van der Waals surface area contributed by atoms with Gasteiger partial charge in [0.25, 0.3) is 0 Å². The van der Waals surface area contributed by atoms with E-state index in [0.717, 1.165) is 17.5 Å². The molecular formula is C26H18N2. The van der Waals surface area contributed by atoms with Crippen LogP contribution >= 0.6 is 0 Å². The molecule has 132 valence electrons. The smallest absolute Gasteiger partial charge is 0.0715 e. The Kier molecular flexibility index (Phi) is 3.26. The summed E-state index contributed by atoms with van der Waals surface area (Å²) < 4.78 is 0. The molecule has 5 aromatic rings. The van der Waals surface area contributed by atoms with E-state index in [4.69, 9.17) is 4.98 Å². The van der Waals surface area contributed by atoms with Crippen molar-refractivity contribution in [1.82, 2.24) is 4.98 Å². The third-order valence-corrected chi connectivity index (χ3v) is 5.68. The SMILES string of the molecule is c1ccc2c(c1)Cc1c(cccc1-c1cccc3nc4ccccc4cc13)N2. The van der Waals surface area contributed by atoms with Gasteiger partial charge < -0.3 is 5.32 Å². The van der Waals surface area contributed by atoms with Crippen LogP contribution in [0.3, 0.4) is 0 Å². The van der Waals surface area contributed by atoms with E-state index in [1.807, 2.05) is 6.07 Å². The number of benzene rings is 4. The van der Waals surface area contributed by atoms with Crippen molar-refractivity contribution in [1.29, 1.82) is 0 Å². The second kappa shape index (κ2) is 5.93. The molecule has 28 heavy (non-hydrogen) atoms. The molecule has 0 unspecified atom stereocenters. The molecule has 0 saturated heterocycles. The number of hydrogen-bond donors (Lipinski definition) is 1. The number of fused-ring (bicyclic) bond motifs is 4. The van der Waals surface area contributed by atoms with Gasteiger partial charge in [0.15, 0.2) is 0 Å². The van der Waals surface area contributed by atoms with Crippen LogP contribution in [-0.2, 0) is 6.42 Å². The van der Waals surface area contributed by atoms with Crippen molar-refractivity contribution in [2.24, 2.45) is 0 Å². The van der Waals surface area contributed by atoms with Gasteiger partial charge in [-0.15, -0.1) is 0 Å². The summed E-state index contributed by atoms with van der Waals surface area (Å²) in [7, 11) is 0. The summed E-state index contributed by atoms with van der Waals surface area (Å²) in [5, 5.41) is 5.99. The zero-order valence-electron chi connectivity index (χ0n) is 15.3. The minimum Gasteiger partial charge on any atom is -0.355 e. The van der Waals surface area contributed by atoms with Gasteiger partial charge >= 0.3 is 0 Å². The van der Waals surface area contributed by atoms with E-state index in [1.165, 1.54) is 44.4 Å². The van der Waals surface area contributed by atoms with Crippen LogP contribution in [0.5, 0.6) is 0 Å². The van der Waals surface area contributed by atoms with Crippen LogP contribution in [0.4, 0.5) is 11.4 Å². The molecule has 0 amide bonds. The van der Waals surface area contributed by atoms with Crippen LogP contribution < -0.4 is 5.32 Å². The van der Waals surface area contributed by atoms with E-state index in [2.05, 4.69) is 90.2 Å². The highest BCUT2D eigenvalue weighted by molar-refractivity contribution is 6.02. The van der Waals surface area contributed by atoms with Crippen molar-refractivity contribution in [3.05, 3.63) is 102 Å². The van der Waals surface area contributed by atoms with Gasteiger partial charge in [0, 0.05) is 28.6 Å². The number of para-hydroxylation sites is 2. The van der Waals surface area contributed by atoms with Gasteiger partial charge in [0.05, 0.1) is 11.0 Å². The Morgan fingerprint density at radius 2 is 1.39 bits per heavy atom. The fraction of sp³-hybridized carbons (Fsp3) is 0.0385. The van der Waals surface area contributed by atoms with Gasteiger partial charge in [-0.05, 0) is 52.6 Å². The topological polar surface area (TPSA) is 24.9 Å². The van der Waals surface area contributed by atoms with E-state index in [0.29, 0.717) is 0 Å². The number of rotatable bonds is 1. The first-order valence-electron chi connectivity index (χ1n) is 9.62. The predicted octanol–water partition coefficient (Wildman–Crippen LogP) is 6.70. The summed E-state index contributed by atoms with van der Waals surface area (Å²) in [6.45, 7) is 0. The number of hydrogen-bond acceptors (Lipinski definition) is 2. The molecule has 2 nitrogen and oxygen atoms in total. The third kappa shape index (κ3) is 2.31. The minimum atomic E-state index is 0.937. The first-order valence-corrected chi connectivity index (χ1v) is 9.62. The summed E-state index contributed by atoms with van der Waals surface area (Å²) >= 11 is 0. The summed E-state index contributed by atoms with van der Waals surface area (Å²) in [6, 6.07) is 32.1. The average molecular weight is 358 g/mol. The molecule has 2 heteroatoms. The largest absolute Gasteiger partial charge is 0.355 e. The van der Waals surface area contributed by atoms with E-state index >= 15 is 0 Å². The molecule has 0 spiro atoms. The van der Waals surface area contributed by atoms with Gasteiger partial charge in [-0.2, -0.15) is 0 Å². The number of nitrogens with zero attached hydrogens (tertiary/aromatic N) is 1. The third-order valence-electron chi connectivity index (χ3n) is 5.68. The van der Waals surface area contributed by atoms with Crippen molar-refractivity contribution in [2.45, 2.75) is 6.42 Å². The average Bonchev–Trinajstić information content (AvgIpc) is 2.75. The zero-order valence-corrected chi connectivity index (χ0v) is 15.3. The van der Waals surface area contributed by atoms with Crippen LogP contribution in [0.2, 0.25) is 0 Å². The quantitative estimate of drug-likeness (QED) is 0.331. The van der Waals surface area contributed by atoms with Crippen molar-refractivity contribution in [2.75, 3.05) is 5.32 Å². The highest BCUT2D eigenvalue weighted by atomic mass is 14.9. The molecule has 1 aliphatic rings. The molecule has 2 heterocycles. The van der Waals surface area contributed by atoms with E-state index in [9.17, 15) is 0 Å². The van der Waals surface area contributed by atoms with Gasteiger partial charge in [-0.1, -0.05) is 60.7 Å². The van der Waals surface area contributed by atoms with Gasteiger partial charge in [-0.3, -0.25) is 0 Å². The van der Waals surface area contributed by atoms with Gasteiger partial charge in [-0.25, -0.2) is 4.98 Å². The lowest BCUT2D eigenvalue weighted by Crippen LogP contribution is -2.07. The van der Waals surface area contributed by atoms with E-state index in [-0.39, 0.29) is 0 Å². The maximum Gasteiger partial charge on any atom is 0.0715 e. The Balaban J connectivity index is 1.60. The second-order valence-corrected chi connectivity index (χ2v) is 7.34. The fourth-order valence-corrected chi connectivity index (χ4v) is 4.31. The minimum absolute atomic E-state index is 0.937. The Hall–Kier alpha value is -3.65.